The van der Waals surface area contributed by atoms with Crippen LogP contribution >= 0.6 is 22.6 Å². The van der Waals surface area contributed by atoms with Crippen LogP contribution in [0, 0.1) is 10.5 Å². The summed E-state index contributed by atoms with van der Waals surface area (Å²) < 4.78 is 5.98. The van der Waals surface area contributed by atoms with Crippen molar-refractivity contribution in [3.05, 3.63) is 27.3 Å². The molecule has 1 aliphatic rings. The third-order valence-electron chi connectivity index (χ3n) is 3.09. The first-order chi connectivity index (χ1) is 9.95. The monoisotopic (exact) mass is 402 g/mol. The molecule has 1 fully saturated rings. The van der Waals surface area contributed by atoms with Crippen LogP contribution in [0.25, 0.3) is 0 Å². The minimum atomic E-state index is -0.634. The Morgan fingerprint density at radius 3 is 2.86 bits per heavy atom. The lowest BCUT2D eigenvalue weighted by Gasteiger charge is -2.11. The summed E-state index contributed by atoms with van der Waals surface area (Å²) in [5.74, 6) is -1.15. The number of anilines is 1. The van der Waals surface area contributed by atoms with Crippen molar-refractivity contribution in [3.8, 4) is 0 Å². The zero-order valence-corrected chi connectivity index (χ0v) is 13.6. The summed E-state index contributed by atoms with van der Waals surface area (Å²) >= 11 is 2.19. The number of benzene rings is 1. The van der Waals surface area contributed by atoms with Gasteiger partial charge in [-0.25, -0.2) is 4.79 Å². The average molecular weight is 402 g/mol. The highest BCUT2D eigenvalue weighted by atomic mass is 127. The molecule has 0 saturated carbocycles. The van der Waals surface area contributed by atoms with Gasteiger partial charge >= 0.3 is 5.97 Å². The normalized spacial score (nSPS) is 17.2. The first-order valence-electron chi connectivity index (χ1n) is 6.47. The fourth-order valence-electron chi connectivity index (χ4n) is 1.98. The van der Waals surface area contributed by atoms with E-state index in [0.29, 0.717) is 18.5 Å². The second kappa shape index (κ2) is 6.88. The Morgan fingerprint density at radius 2 is 2.24 bits per heavy atom. The van der Waals surface area contributed by atoms with Gasteiger partial charge in [-0.05, 0) is 59.7 Å². The zero-order valence-electron chi connectivity index (χ0n) is 11.4. The number of ether oxygens (including phenoxy) is 1. The van der Waals surface area contributed by atoms with Crippen LogP contribution in [-0.2, 0) is 19.1 Å². The number of rotatable bonds is 4. The van der Waals surface area contributed by atoms with Crippen molar-refractivity contribution in [1.29, 1.82) is 0 Å². The van der Waals surface area contributed by atoms with Crippen molar-refractivity contribution < 1.29 is 19.1 Å². The van der Waals surface area contributed by atoms with E-state index in [4.69, 9.17) is 4.74 Å². The molecule has 0 aromatic heterocycles. The van der Waals surface area contributed by atoms with Gasteiger partial charge in [0.25, 0.3) is 5.91 Å². The van der Waals surface area contributed by atoms with Gasteiger partial charge in [0.2, 0.25) is 5.91 Å². The van der Waals surface area contributed by atoms with Crippen LogP contribution in [0.2, 0.25) is 0 Å². The molecule has 2 amide bonds. The smallest absolute Gasteiger partial charge is 0.329 e. The molecule has 0 aliphatic carbocycles. The standard InChI is InChI=1S/C14H15IN2O4/c1-8-6-9(15)2-3-10(8)16-13(19)7-21-14(20)11-4-5-12(18)17-11/h2-3,6,11H,4-5,7H2,1H3,(H,16,19)(H,17,18)/t11-/m0/s1. The molecule has 1 aromatic carbocycles. The van der Waals surface area contributed by atoms with Crippen LogP contribution in [0.5, 0.6) is 0 Å². The van der Waals surface area contributed by atoms with E-state index < -0.39 is 17.9 Å². The van der Waals surface area contributed by atoms with Crippen molar-refractivity contribution in [2.75, 3.05) is 11.9 Å². The second-order valence-electron chi connectivity index (χ2n) is 4.77. The molecule has 0 spiro atoms. The number of carbonyl (C=O) groups is 3. The van der Waals surface area contributed by atoms with Crippen molar-refractivity contribution in [2.24, 2.45) is 0 Å². The predicted octanol–water partition coefficient (Wildman–Crippen LogP) is 1.36. The van der Waals surface area contributed by atoms with Gasteiger partial charge in [0, 0.05) is 15.7 Å². The molecule has 0 unspecified atom stereocenters. The number of halogens is 1. The molecule has 112 valence electrons. The van der Waals surface area contributed by atoms with Crippen LogP contribution in [-0.4, -0.2) is 30.4 Å². The first kappa shape index (κ1) is 15.7. The van der Waals surface area contributed by atoms with Gasteiger partial charge in [-0.1, -0.05) is 0 Å². The van der Waals surface area contributed by atoms with Crippen LogP contribution < -0.4 is 10.6 Å². The Morgan fingerprint density at radius 1 is 1.48 bits per heavy atom. The van der Waals surface area contributed by atoms with Crippen molar-refractivity contribution in [1.82, 2.24) is 5.32 Å². The number of carbonyl (C=O) groups excluding carboxylic acids is 3. The third-order valence-corrected chi connectivity index (χ3v) is 3.76. The van der Waals surface area contributed by atoms with E-state index >= 15 is 0 Å². The molecule has 21 heavy (non-hydrogen) atoms. The number of hydrogen-bond donors (Lipinski definition) is 2. The summed E-state index contributed by atoms with van der Waals surface area (Å²) in [6, 6.07) is 4.98. The fraction of sp³-hybridized carbons (Fsp3) is 0.357. The molecule has 0 radical (unpaired) electrons. The highest BCUT2D eigenvalue weighted by Crippen LogP contribution is 2.17. The lowest BCUT2D eigenvalue weighted by atomic mass is 10.2. The van der Waals surface area contributed by atoms with Gasteiger partial charge in [-0.2, -0.15) is 0 Å². The fourth-order valence-corrected chi connectivity index (χ4v) is 2.63. The maximum atomic E-state index is 11.8. The molecule has 7 heteroatoms. The predicted molar refractivity (Wildman–Crippen MR) is 84.6 cm³/mol. The number of esters is 1. The molecular weight excluding hydrogens is 387 g/mol. The molecule has 0 bridgehead atoms. The van der Waals surface area contributed by atoms with Gasteiger partial charge in [0.15, 0.2) is 6.61 Å². The summed E-state index contributed by atoms with van der Waals surface area (Å²) in [7, 11) is 0. The number of hydrogen-bond acceptors (Lipinski definition) is 4. The van der Waals surface area contributed by atoms with Crippen LogP contribution in [0.1, 0.15) is 18.4 Å². The van der Waals surface area contributed by atoms with Crippen molar-refractivity contribution in [3.63, 3.8) is 0 Å². The van der Waals surface area contributed by atoms with E-state index in [2.05, 4.69) is 33.2 Å². The number of amides is 2. The molecule has 1 aliphatic heterocycles. The molecular formula is C14H15IN2O4. The molecule has 2 rings (SSSR count). The van der Waals surface area contributed by atoms with Gasteiger partial charge in [-0.15, -0.1) is 0 Å². The van der Waals surface area contributed by atoms with Gasteiger partial charge in [0.05, 0.1) is 0 Å². The Kier molecular flexibility index (Phi) is 5.16. The minimum absolute atomic E-state index is 0.170. The first-order valence-corrected chi connectivity index (χ1v) is 7.55. The highest BCUT2D eigenvalue weighted by Gasteiger charge is 2.28. The summed E-state index contributed by atoms with van der Waals surface area (Å²) in [4.78, 5) is 34.4. The van der Waals surface area contributed by atoms with Crippen molar-refractivity contribution in [2.45, 2.75) is 25.8 Å². The third kappa shape index (κ3) is 4.42. The highest BCUT2D eigenvalue weighted by molar-refractivity contribution is 14.1. The summed E-state index contributed by atoms with van der Waals surface area (Å²) in [5, 5.41) is 5.18. The lowest BCUT2D eigenvalue weighted by Crippen LogP contribution is -2.36. The number of aryl methyl sites for hydroxylation is 1. The van der Waals surface area contributed by atoms with Crippen LogP contribution in [0.15, 0.2) is 18.2 Å². The van der Waals surface area contributed by atoms with Gasteiger partial charge in [0.1, 0.15) is 6.04 Å². The Balaban J connectivity index is 1.82. The Labute approximate surface area is 135 Å². The summed E-state index contributed by atoms with van der Waals surface area (Å²) in [6.45, 7) is 1.52. The van der Waals surface area contributed by atoms with E-state index in [1.807, 2.05) is 19.1 Å². The maximum absolute atomic E-state index is 11.8. The summed E-state index contributed by atoms with van der Waals surface area (Å²) in [6.07, 6.45) is 0.726. The number of nitrogens with one attached hydrogen (secondary N) is 2. The largest absolute Gasteiger partial charge is 0.454 e. The minimum Gasteiger partial charge on any atom is -0.454 e. The molecule has 1 aromatic rings. The van der Waals surface area contributed by atoms with E-state index in [0.717, 1.165) is 9.13 Å². The van der Waals surface area contributed by atoms with Crippen LogP contribution in [0.3, 0.4) is 0 Å². The Bertz CT molecular complexity index is 588. The molecule has 2 N–H and O–H groups in total. The van der Waals surface area contributed by atoms with Crippen LogP contribution in [0.4, 0.5) is 5.69 Å². The molecule has 1 saturated heterocycles. The van der Waals surface area contributed by atoms with E-state index in [-0.39, 0.29) is 12.5 Å². The summed E-state index contributed by atoms with van der Waals surface area (Å²) in [5.41, 5.74) is 1.62. The van der Waals surface area contributed by atoms with E-state index in [1.54, 1.807) is 6.07 Å². The Hall–Kier alpha value is -1.64. The topological polar surface area (TPSA) is 84.5 Å². The van der Waals surface area contributed by atoms with Crippen molar-refractivity contribution >= 4 is 46.1 Å². The second-order valence-corrected chi connectivity index (χ2v) is 6.02. The molecule has 6 nitrogen and oxygen atoms in total. The molecule has 1 atom stereocenters. The van der Waals surface area contributed by atoms with E-state index in [1.165, 1.54) is 0 Å². The molecule has 1 heterocycles. The van der Waals surface area contributed by atoms with Gasteiger partial charge in [-0.3, -0.25) is 9.59 Å². The SMILES string of the molecule is Cc1cc(I)ccc1NC(=O)COC(=O)[C@@H]1CCC(=O)N1. The quantitative estimate of drug-likeness (QED) is 0.589. The zero-order chi connectivity index (χ0) is 15.4. The maximum Gasteiger partial charge on any atom is 0.329 e. The lowest BCUT2D eigenvalue weighted by molar-refractivity contribution is -0.149. The average Bonchev–Trinajstić information content (AvgIpc) is 2.86. The van der Waals surface area contributed by atoms with Gasteiger partial charge < -0.3 is 15.4 Å². The van der Waals surface area contributed by atoms with E-state index in [9.17, 15) is 14.4 Å².